The Kier molecular flexibility index (Phi) is 6.09. The van der Waals surface area contributed by atoms with Crippen molar-refractivity contribution >= 4 is 12.5 Å². The fourth-order valence-electron chi connectivity index (χ4n) is 0.603. The molecule has 0 saturated heterocycles. The summed E-state index contributed by atoms with van der Waals surface area (Å²) in [5.41, 5.74) is 0. The topological polar surface area (TPSA) is 99.4 Å². The van der Waals surface area contributed by atoms with Crippen LogP contribution < -0.4 is 0 Å². The number of ether oxygens (including phenoxy) is 1. The molecule has 0 aliphatic rings. The summed E-state index contributed by atoms with van der Waals surface area (Å²) in [7, 11) is 0. The second kappa shape index (κ2) is 7.57. The molecule has 0 radical (unpaired) electrons. The van der Waals surface area contributed by atoms with E-state index in [0.717, 1.165) is 6.21 Å². The Morgan fingerprint density at radius 2 is 2.29 bits per heavy atom. The highest BCUT2D eigenvalue weighted by molar-refractivity contribution is 5.63. The Labute approximate surface area is 83.3 Å². The Hall–Kier alpha value is -0.820. The van der Waals surface area contributed by atoms with E-state index in [-0.39, 0.29) is 13.2 Å². The molecule has 0 rings (SSSR count). The van der Waals surface area contributed by atoms with Gasteiger partial charge in [-0.2, -0.15) is 0 Å². The summed E-state index contributed by atoms with van der Waals surface area (Å²) < 4.78 is 11.1. The largest absolute Gasteiger partial charge is 0.382 e. The molecule has 3 N–H and O–H groups in total. The molecule has 6 nitrogen and oxygen atoms in total. The lowest BCUT2D eigenvalue weighted by Gasteiger charge is -2.15. The Morgan fingerprint density at radius 1 is 1.57 bits per heavy atom. The van der Waals surface area contributed by atoms with Crippen LogP contribution in [0, 0.1) is 0 Å². The molecule has 0 bridgehead atoms. The number of carbonyl (C=O) groups is 1. The average Bonchev–Trinajstić information content (AvgIpc) is 2.23. The number of hydrogen-bond acceptors (Lipinski definition) is 6. The zero-order valence-corrected chi connectivity index (χ0v) is 7.61. The van der Waals surface area contributed by atoms with E-state index in [2.05, 4.69) is 9.73 Å². The van der Waals surface area contributed by atoms with Crippen molar-refractivity contribution in [3.05, 3.63) is 0 Å². The number of carbonyl (C=O) groups excluding carboxylic acids is 1. The summed E-state index contributed by atoms with van der Waals surface area (Å²) in [6.45, 7) is 0.597. The first-order valence-corrected chi connectivity index (χ1v) is 4.06. The number of rotatable bonds is 7. The SMILES string of the molecule is [2H]CCC/N=C/C(O)C(O)OC(O)C=O. The average molecular weight is 206 g/mol. The molecule has 0 aromatic carbocycles. The highest BCUT2D eigenvalue weighted by Crippen LogP contribution is 1.96. The second-order valence-corrected chi connectivity index (χ2v) is 2.45. The number of aliphatic hydroxyl groups excluding tert-OH is 3. The van der Waals surface area contributed by atoms with Gasteiger partial charge in [-0.05, 0) is 6.42 Å². The predicted molar refractivity (Wildman–Crippen MR) is 48.8 cm³/mol. The van der Waals surface area contributed by atoms with Crippen LogP contribution >= 0.6 is 0 Å². The van der Waals surface area contributed by atoms with Gasteiger partial charge in [0.2, 0.25) is 6.29 Å². The Balaban J connectivity index is 3.81. The van der Waals surface area contributed by atoms with Crippen LogP contribution in [0.5, 0.6) is 0 Å². The van der Waals surface area contributed by atoms with Gasteiger partial charge in [0.15, 0.2) is 12.6 Å². The molecular formula is C8H15NO5. The molecule has 0 aliphatic carbocycles. The first kappa shape index (κ1) is 11.3. The van der Waals surface area contributed by atoms with E-state index < -0.39 is 18.7 Å². The first-order valence-electron chi connectivity index (χ1n) is 4.76. The van der Waals surface area contributed by atoms with Gasteiger partial charge >= 0.3 is 0 Å². The van der Waals surface area contributed by atoms with E-state index in [1.165, 1.54) is 0 Å². The summed E-state index contributed by atoms with van der Waals surface area (Å²) >= 11 is 0. The van der Waals surface area contributed by atoms with Gasteiger partial charge in [-0.3, -0.25) is 9.79 Å². The predicted octanol–water partition coefficient (Wildman–Crippen LogP) is -1.32. The van der Waals surface area contributed by atoms with Gasteiger partial charge in [0, 0.05) is 14.1 Å². The van der Waals surface area contributed by atoms with Crippen molar-refractivity contribution in [2.45, 2.75) is 32.0 Å². The number of aldehydes is 1. The van der Waals surface area contributed by atoms with Crippen molar-refractivity contribution < 1.29 is 26.2 Å². The second-order valence-electron chi connectivity index (χ2n) is 2.45. The minimum absolute atomic E-state index is 0.0766. The van der Waals surface area contributed by atoms with Crippen LogP contribution in [0.1, 0.15) is 14.7 Å². The lowest BCUT2D eigenvalue weighted by molar-refractivity contribution is -0.218. The van der Waals surface area contributed by atoms with Gasteiger partial charge in [-0.1, -0.05) is 6.90 Å². The number of nitrogens with zero attached hydrogens (tertiary/aromatic N) is 1. The molecular weight excluding hydrogens is 190 g/mol. The molecule has 14 heavy (non-hydrogen) atoms. The summed E-state index contributed by atoms with van der Waals surface area (Å²) in [5, 5.41) is 26.9. The van der Waals surface area contributed by atoms with Gasteiger partial charge in [-0.25, -0.2) is 0 Å². The minimum atomic E-state index is -1.77. The fraction of sp³-hybridized carbons (Fsp3) is 0.750. The fourth-order valence-corrected chi connectivity index (χ4v) is 0.603. The summed E-state index contributed by atoms with van der Waals surface area (Å²) in [4.78, 5) is 13.7. The van der Waals surface area contributed by atoms with Crippen LogP contribution in [0.2, 0.25) is 0 Å². The van der Waals surface area contributed by atoms with Crippen LogP contribution in [0.15, 0.2) is 4.99 Å². The third kappa shape index (κ3) is 5.76. The third-order valence-corrected chi connectivity index (χ3v) is 1.23. The van der Waals surface area contributed by atoms with Crippen molar-refractivity contribution in [3.63, 3.8) is 0 Å². The maximum Gasteiger partial charge on any atom is 0.214 e. The summed E-state index contributed by atoms with van der Waals surface area (Å²) in [5.74, 6) is 0. The molecule has 0 aromatic rings. The zero-order chi connectivity index (χ0) is 11.7. The van der Waals surface area contributed by atoms with Crippen LogP contribution in [0.3, 0.4) is 0 Å². The van der Waals surface area contributed by atoms with E-state index in [4.69, 9.17) is 16.7 Å². The highest BCUT2D eigenvalue weighted by Gasteiger charge is 2.17. The minimum Gasteiger partial charge on any atom is -0.382 e. The van der Waals surface area contributed by atoms with E-state index in [1.807, 2.05) is 0 Å². The molecule has 0 heterocycles. The molecule has 3 atom stereocenters. The maximum absolute atomic E-state index is 9.94. The van der Waals surface area contributed by atoms with E-state index in [9.17, 15) is 4.79 Å². The lowest BCUT2D eigenvalue weighted by Crippen LogP contribution is -2.34. The third-order valence-electron chi connectivity index (χ3n) is 1.23. The van der Waals surface area contributed by atoms with Crippen LogP contribution in [0.25, 0.3) is 0 Å². The lowest BCUT2D eigenvalue weighted by atomic mass is 10.3. The van der Waals surface area contributed by atoms with Gasteiger partial charge in [0.1, 0.15) is 6.10 Å². The van der Waals surface area contributed by atoms with Crippen molar-refractivity contribution in [2.24, 2.45) is 4.99 Å². The monoisotopic (exact) mass is 206 g/mol. The molecule has 0 spiro atoms. The number of aliphatic hydroxyl groups is 3. The van der Waals surface area contributed by atoms with Gasteiger partial charge in [-0.15, -0.1) is 0 Å². The van der Waals surface area contributed by atoms with Crippen LogP contribution in [0.4, 0.5) is 0 Å². The normalized spacial score (nSPS) is 18.9. The standard InChI is InChI=1S/C8H15NO5/c1-2-3-9-4-6(11)8(13)14-7(12)5-10/h4-8,11-13H,2-3H2,1H3/b9-4+/i1D. The van der Waals surface area contributed by atoms with Crippen molar-refractivity contribution in [3.8, 4) is 0 Å². The first-order chi connectivity index (χ1) is 7.11. The molecule has 0 aromatic heterocycles. The molecule has 3 unspecified atom stereocenters. The van der Waals surface area contributed by atoms with Crippen LogP contribution in [-0.4, -0.2) is 53.0 Å². The number of aliphatic imine (C=N–C) groups is 1. The van der Waals surface area contributed by atoms with Gasteiger partial charge in [0.25, 0.3) is 0 Å². The van der Waals surface area contributed by atoms with E-state index in [1.54, 1.807) is 0 Å². The van der Waals surface area contributed by atoms with Gasteiger partial charge in [0.05, 0.1) is 0 Å². The van der Waals surface area contributed by atoms with Crippen molar-refractivity contribution in [2.75, 3.05) is 6.54 Å². The quantitative estimate of drug-likeness (QED) is 0.208. The molecule has 0 aliphatic heterocycles. The zero-order valence-electron chi connectivity index (χ0n) is 8.61. The Morgan fingerprint density at radius 3 is 2.86 bits per heavy atom. The molecule has 0 fully saturated rings. The molecule has 6 heteroatoms. The van der Waals surface area contributed by atoms with Crippen molar-refractivity contribution in [1.29, 1.82) is 0 Å². The van der Waals surface area contributed by atoms with Crippen molar-refractivity contribution in [1.82, 2.24) is 0 Å². The smallest absolute Gasteiger partial charge is 0.214 e. The van der Waals surface area contributed by atoms with Gasteiger partial charge < -0.3 is 20.1 Å². The van der Waals surface area contributed by atoms with Crippen LogP contribution in [-0.2, 0) is 9.53 Å². The molecule has 0 amide bonds. The Bertz CT molecular complexity index is 201. The molecule has 0 saturated carbocycles. The number of hydrogen-bond donors (Lipinski definition) is 3. The maximum atomic E-state index is 9.94. The summed E-state index contributed by atoms with van der Waals surface area (Å²) in [6.07, 6.45) is -3.21. The summed E-state index contributed by atoms with van der Waals surface area (Å²) in [6, 6.07) is 0. The van der Waals surface area contributed by atoms with E-state index >= 15 is 0 Å². The molecule has 82 valence electrons. The van der Waals surface area contributed by atoms with E-state index in [0.29, 0.717) is 13.0 Å². The highest BCUT2D eigenvalue weighted by atomic mass is 16.7.